The van der Waals surface area contributed by atoms with E-state index in [4.69, 9.17) is 9.15 Å². The number of hydrogen-bond donors (Lipinski definition) is 1. The van der Waals surface area contributed by atoms with Gasteiger partial charge in [0.25, 0.3) is 5.91 Å². The molecule has 1 fully saturated rings. The van der Waals surface area contributed by atoms with Gasteiger partial charge >= 0.3 is 0 Å². The molecule has 0 aliphatic carbocycles. The first-order valence-corrected chi connectivity index (χ1v) is 9.68. The number of carbonyl (C=O) groups is 3. The van der Waals surface area contributed by atoms with Crippen LogP contribution in [0.15, 0.2) is 59.3 Å². The van der Waals surface area contributed by atoms with E-state index in [1.54, 1.807) is 37.5 Å². The number of nitrogens with zero attached hydrogens (tertiary/aromatic N) is 1. The van der Waals surface area contributed by atoms with Crippen molar-refractivity contribution in [1.82, 2.24) is 4.90 Å². The van der Waals surface area contributed by atoms with Crippen molar-refractivity contribution in [3.8, 4) is 11.5 Å². The number of phenols is 1. The second-order valence-corrected chi connectivity index (χ2v) is 7.34. The van der Waals surface area contributed by atoms with Gasteiger partial charge < -0.3 is 19.2 Å². The number of aromatic hydroxyl groups is 1. The van der Waals surface area contributed by atoms with Crippen LogP contribution < -0.4 is 9.72 Å². The number of hydrogen-bond acceptors (Lipinski definition) is 6. The minimum absolute atomic E-state index is 0.0225. The molecule has 2 unspecified atom stereocenters. The van der Waals surface area contributed by atoms with Crippen LogP contribution in [0.2, 0.25) is 0 Å². The van der Waals surface area contributed by atoms with Gasteiger partial charge in [-0.3, -0.25) is 14.4 Å². The van der Waals surface area contributed by atoms with Crippen LogP contribution in [0, 0.1) is 12.8 Å². The van der Waals surface area contributed by atoms with Gasteiger partial charge in [0.05, 0.1) is 19.7 Å². The number of benzene rings is 1. The molecule has 1 aliphatic heterocycles. The topological polar surface area (TPSA) is 111 Å². The fourth-order valence-corrected chi connectivity index (χ4v) is 3.85. The summed E-state index contributed by atoms with van der Waals surface area (Å²) >= 11 is 0. The molecule has 1 saturated heterocycles. The molecule has 0 saturated carbocycles. The molecule has 158 valence electrons. The van der Waals surface area contributed by atoms with Crippen molar-refractivity contribution in [3.63, 3.8) is 0 Å². The maximum absolute atomic E-state index is 13.2. The zero-order chi connectivity index (χ0) is 22.1. The molecule has 1 aliphatic rings. The lowest BCUT2D eigenvalue weighted by molar-refractivity contribution is -0.378. The molecule has 1 amide bonds. The summed E-state index contributed by atoms with van der Waals surface area (Å²) < 4.78 is 10.6. The quantitative estimate of drug-likeness (QED) is 0.371. The highest BCUT2D eigenvalue weighted by molar-refractivity contribution is 6.43. The minimum Gasteiger partial charge on any atom is -0.504 e. The molecule has 3 aromatic rings. The Morgan fingerprint density at radius 3 is 2.68 bits per heavy atom. The van der Waals surface area contributed by atoms with E-state index in [0.717, 1.165) is 5.56 Å². The Hall–Kier alpha value is -3.94. The number of ketones is 2. The number of H-pyrrole nitrogens is 1. The molecular formula is C23H21N2O6+. The lowest BCUT2D eigenvalue weighted by Gasteiger charge is -2.27. The molecule has 0 bridgehead atoms. The van der Waals surface area contributed by atoms with Crippen LogP contribution in [0.25, 0.3) is 0 Å². The van der Waals surface area contributed by atoms with Gasteiger partial charge in [-0.05, 0) is 42.8 Å². The first-order chi connectivity index (χ1) is 14.9. The number of aromatic amines is 1. The van der Waals surface area contributed by atoms with E-state index in [0.29, 0.717) is 11.3 Å². The number of furan rings is 1. The Bertz CT molecular complexity index is 1150. The molecule has 31 heavy (non-hydrogen) atoms. The van der Waals surface area contributed by atoms with Crippen LogP contribution in [0.4, 0.5) is 0 Å². The van der Waals surface area contributed by atoms with Gasteiger partial charge in [0.15, 0.2) is 29.7 Å². The van der Waals surface area contributed by atoms with Crippen LogP contribution in [0.3, 0.4) is 0 Å². The lowest BCUT2D eigenvalue weighted by atomic mass is 9.88. The number of rotatable bonds is 6. The SMILES string of the molecule is COc1cc(C2C(C(=O)c3ccc(C)o3)C(=O)C(=O)N2Cc2ccc[nH+]c2)ccc1O. The lowest BCUT2D eigenvalue weighted by Crippen LogP contribution is -2.30. The number of likely N-dealkylation sites (tertiary alicyclic amines) is 1. The summed E-state index contributed by atoms with van der Waals surface area (Å²) in [4.78, 5) is 43.5. The van der Waals surface area contributed by atoms with E-state index in [-0.39, 0.29) is 23.8 Å². The Balaban J connectivity index is 1.81. The Morgan fingerprint density at radius 2 is 2.03 bits per heavy atom. The first-order valence-electron chi connectivity index (χ1n) is 9.68. The molecule has 2 aromatic heterocycles. The molecule has 0 spiro atoms. The summed E-state index contributed by atoms with van der Waals surface area (Å²) in [6, 6.07) is 10.4. The van der Waals surface area contributed by atoms with Crippen molar-refractivity contribution >= 4 is 17.5 Å². The number of pyridine rings is 1. The van der Waals surface area contributed by atoms with Crippen molar-refractivity contribution in [2.75, 3.05) is 7.11 Å². The summed E-state index contributed by atoms with van der Waals surface area (Å²) in [6.07, 6.45) is 3.45. The number of ether oxygens (including phenoxy) is 1. The van der Waals surface area contributed by atoms with E-state index in [1.807, 2.05) is 6.07 Å². The second-order valence-electron chi connectivity index (χ2n) is 7.34. The standard InChI is InChI=1S/C23H20N2O6/c1-13-5-8-17(31-13)21(27)19-20(15-6-7-16(26)18(10-15)30-2)25(23(29)22(19)28)12-14-4-3-9-24-11-14/h3-11,19-20,26H,12H2,1-2H3/p+1. The maximum atomic E-state index is 13.2. The zero-order valence-corrected chi connectivity index (χ0v) is 17.0. The molecule has 8 heteroatoms. The molecular weight excluding hydrogens is 400 g/mol. The highest BCUT2D eigenvalue weighted by Crippen LogP contribution is 2.41. The summed E-state index contributed by atoms with van der Waals surface area (Å²) in [6.45, 7) is 1.82. The van der Waals surface area contributed by atoms with Gasteiger partial charge in [0.2, 0.25) is 11.6 Å². The zero-order valence-electron chi connectivity index (χ0n) is 17.0. The summed E-state index contributed by atoms with van der Waals surface area (Å²) in [5.41, 5.74) is 1.26. The molecule has 8 nitrogen and oxygen atoms in total. The van der Waals surface area contributed by atoms with Crippen LogP contribution in [-0.2, 0) is 16.1 Å². The fraction of sp³-hybridized carbons (Fsp3) is 0.217. The Morgan fingerprint density at radius 1 is 1.23 bits per heavy atom. The average molecular weight is 421 g/mol. The van der Waals surface area contributed by atoms with E-state index in [1.165, 1.54) is 30.2 Å². The number of Topliss-reactive ketones (excluding diaryl/α,β-unsaturated/α-hetero) is 2. The molecule has 4 rings (SSSR count). The van der Waals surface area contributed by atoms with Gasteiger partial charge in [0, 0.05) is 11.6 Å². The summed E-state index contributed by atoms with van der Waals surface area (Å²) in [7, 11) is 1.40. The van der Waals surface area contributed by atoms with E-state index in [2.05, 4.69) is 4.98 Å². The first kappa shape index (κ1) is 20.3. The highest BCUT2D eigenvalue weighted by atomic mass is 16.5. The highest BCUT2D eigenvalue weighted by Gasteiger charge is 2.52. The number of amides is 1. The predicted molar refractivity (Wildman–Crippen MR) is 107 cm³/mol. The van der Waals surface area contributed by atoms with Crippen molar-refractivity contribution in [2.24, 2.45) is 5.92 Å². The third kappa shape index (κ3) is 3.68. The van der Waals surface area contributed by atoms with Crippen molar-refractivity contribution < 1.29 is 33.6 Å². The Labute approximate surface area is 178 Å². The minimum atomic E-state index is -1.28. The average Bonchev–Trinajstić information content (AvgIpc) is 3.31. The monoisotopic (exact) mass is 421 g/mol. The molecule has 2 atom stereocenters. The van der Waals surface area contributed by atoms with Gasteiger partial charge in [-0.15, -0.1) is 0 Å². The third-order valence-electron chi connectivity index (χ3n) is 5.34. The molecule has 3 heterocycles. The third-order valence-corrected chi connectivity index (χ3v) is 5.34. The normalized spacial score (nSPS) is 18.5. The molecule has 2 N–H and O–H groups in total. The Kier molecular flexibility index (Phi) is 5.29. The number of carbonyl (C=O) groups excluding carboxylic acids is 3. The summed E-state index contributed by atoms with van der Waals surface area (Å²) in [5, 5.41) is 9.98. The van der Waals surface area contributed by atoms with Crippen molar-refractivity contribution in [3.05, 3.63) is 77.5 Å². The number of phenolic OH excluding ortho intramolecular Hbond substituents is 1. The second kappa shape index (κ2) is 8.06. The van der Waals surface area contributed by atoms with E-state index >= 15 is 0 Å². The van der Waals surface area contributed by atoms with E-state index < -0.39 is 29.4 Å². The number of aromatic nitrogens is 1. The van der Waals surface area contributed by atoms with Crippen molar-refractivity contribution in [1.29, 1.82) is 0 Å². The smallest absolute Gasteiger partial charge is 0.291 e. The number of methoxy groups -OCH3 is 1. The van der Waals surface area contributed by atoms with Crippen LogP contribution >= 0.6 is 0 Å². The molecule has 1 aromatic carbocycles. The van der Waals surface area contributed by atoms with Crippen LogP contribution in [0.5, 0.6) is 11.5 Å². The number of nitrogens with one attached hydrogen (secondary N) is 1. The van der Waals surface area contributed by atoms with Crippen molar-refractivity contribution in [2.45, 2.75) is 19.5 Å². The van der Waals surface area contributed by atoms with Crippen LogP contribution in [0.1, 0.15) is 33.5 Å². The van der Waals surface area contributed by atoms with Gasteiger partial charge in [-0.25, -0.2) is 4.98 Å². The van der Waals surface area contributed by atoms with E-state index in [9.17, 15) is 19.5 Å². The van der Waals surface area contributed by atoms with Gasteiger partial charge in [-0.1, -0.05) is 6.07 Å². The van der Waals surface area contributed by atoms with Gasteiger partial charge in [-0.2, -0.15) is 0 Å². The summed E-state index contributed by atoms with van der Waals surface area (Å²) in [5.74, 6) is -2.74. The molecule has 0 radical (unpaired) electrons. The number of aryl methyl sites for hydroxylation is 1. The maximum Gasteiger partial charge on any atom is 0.291 e. The van der Waals surface area contributed by atoms with Crippen LogP contribution in [-0.4, -0.2) is 34.6 Å². The van der Waals surface area contributed by atoms with Gasteiger partial charge in [0.1, 0.15) is 11.7 Å². The predicted octanol–water partition coefficient (Wildman–Crippen LogP) is 2.27. The fourth-order valence-electron chi connectivity index (χ4n) is 3.85. The largest absolute Gasteiger partial charge is 0.504 e.